The number of hydrogen-bond acceptors (Lipinski definition) is 20. The van der Waals surface area contributed by atoms with E-state index >= 15 is 0 Å². The Kier molecular flexibility index (Phi) is 31.2. The number of carbonyl (C=O) groups excluding carboxylic acids is 11. The molecule has 6 N–H and O–H groups in total. The molecule has 4 aliphatic rings. The number of thioether (sulfide) groups is 1. The van der Waals surface area contributed by atoms with E-state index in [0.717, 1.165) is 117 Å². The number of benzene rings is 3. The van der Waals surface area contributed by atoms with Gasteiger partial charge in [-0.2, -0.15) is 11.8 Å². The van der Waals surface area contributed by atoms with Crippen molar-refractivity contribution in [3.63, 3.8) is 0 Å². The molecule has 88 heavy (non-hydrogen) atoms. The number of nitrogens with zero attached hydrogens (tertiary/aromatic N) is 4. The molecule has 3 aromatic carbocycles. The van der Waals surface area contributed by atoms with E-state index in [1.165, 1.54) is 41.0 Å². The summed E-state index contributed by atoms with van der Waals surface area (Å²) in [6, 6.07) is 21.4. The predicted molar refractivity (Wildman–Crippen MR) is 330 cm³/mol. The smallest absolute Gasteiger partial charge is 0.333 e. The van der Waals surface area contributed by atoms with Gasteiger partial charge in [-0.05, 0) is 177 Å². The summed E-state index contributed by atoms with van der Waals surface area (Å²) >= 11 is -1.57. The SMILES string of the molecule is CNCCCNCCCNC(=O)CCCc1ccc(N2C(=O)C=CC2=O)cc1.CNCCCNCCCNC(=O)CCCc1ccc(N2C(=O)CC(SC)C2=O)cc1.O=C(CCCc1ccc(N2C(=O)C=CC2=O)cc1)ON1C(=O)CC(OS(=O)[O-])C1=O. The standard InChI is InChI=1S/C22H34N4O3S.C21H30N4O3.C18H16N2O9S/c1-23-12-4-13-24-14-5-15-25-20(27)7-3-6-17-8-10-18(11-9-17)26-21(28)16-19(30-2)22(26)29;1-22-13-3-14-23-15-4-16-24-19(26)6-2-5-17-7-9-18(10-8-17)25-20(27)11-12-21(25)28;21-14-8-9-15(22)19(14)12-6-4-11(5-7-12)2-1-3-17(24)28-20-16(23)10-13(18(20)25)29-30(26)27/h8-11,19,23-24H,3-7,12-16H2,1-2H3,(H,25,27);7-12,22-23H,2-6,13-16H2,1H3,(H,24,26);4-9,13H,1-3,10H2,(H,26,27)/p-1. The number of aryl methyl sites for hydroxylation is 3. The van der Waals surface area contributed by atoms with Gasteiger partial charge in [-0.3, -0.25) is 52.1 Å². The van der Waals surface area contributed by atoms with Gasteiger partial charge in [-0.25, -0.2) is 23.7 Å². The summed E-state index contributed by atoms with van der Waals surface area (Å²) in [6.07, 6.45) is 13.8. The highest BCUT2D eigenvalue weighted by Crippen LogP contribution is 2.29. The molecule has 0 radical (unpaired) electrons. The Morgan fingerprint density at radius 3 is 1.27 bits per heavy atom. The highest BCUT2D eigenvalue weighted by molar-refractivity contribution is 8.00. The lowest BCUT2D eigenvalue weighted by Gasteiger charge is -2.15. The fourth-order valence-electron chi connectivity index (χ4n) is 9.23. The first-order valence-corrected chi connectivity index (χ1v) is 31.6. The molecule has 4 aliphatic heterocycles. The van der Waals surface area contributed by atoms with E-state index in [1.54, 1.807) is 36.4 Å². The van der Waals surface area contributed by atoms with Crippen molar-refractivity contribution in [2.75, 3.05) is 87.4 Å². The molecule has 476 valence electrons. The molecule has 4 heterocycles. The van der Waals surface area contributed by atoms with Crippen molar-refractivity contribution < 1.29 is 70.5 Å². The van der Waals surface area contributed by atoms with E-state index in [4.69, 9.17) is 4.84 Å². The maximum atomic E-state index is 12.3. The van der Waals surface area contributed by atoms with Crippen LogP contribution in [0.4, 0.5) is 17.1 Å². The normalized spacial score (nSPS) is 16.5. The number of carbonyl (C=O) groups is 11. The van der Waals surface area contributed by atoms with Crippen LogP contribution in [0.3, 0.4) is 0 Å². The average Bonchev–Trinajstić information content (AvgIpc) is 2.96. The van der Waals surface area contributed by atoms with Crippen LogP contribution < -0.4 is 46.6 Å². The van der Waals surface area contributed by atoms with E-state index in [2.05, 4.69) is 36.1 Å². The van der Waals surface area contributed by atoms with Crippen LogP contribution in [0.1, 0.15) is 93.7 Å². The molecule has 2 fully saturated rings. The first-order chi connectivity index (χ1) is 42.4. The Bertz CT molecular complexity index is 2930. The fourth-order valence-corrected chi connectivity index (χ4v) is 10.2. The van der Waals surface area contributed by atoms with Gasteiger partial charge in [0, 0.05) is 63.1 Å². The molecule has 2 saturated heterocycles. The Balaban J connectivity index is 0.000000241. The van der Waals surface area contributed by atoms with Crippen molar-refractivity contribution in [3.05, 3.63) is 114 Å². The van der Waals surface area contributed by atoms with Gasteiger partial charge in [0.25, 0.3) is 35.4 Å². The van der Waals surface area contributed by atoms with Crippen LogP contribution in [-0.4, -0.2) is 163 Å². The quantitative estimate of drug-likeness (QED) is 0.0280. The molecule has 0 bridgehead atoms. The summed E-state index contributed by atoms with van der Waals surface area (Å²) in [7, 11) is 3.89. The molecule has 3 atom stereocenters. The summed E-state index contributed by atoms with van der Waals surface area (Å²) in [5.41, 5.74) is 4.63. The summed E-state index contributed by atoms with van der Waals surface area (Å²) in [6.45, 7) is 7.22. The lowest BCUT2D eigenvalue weighted by atomic mass is 10.1. The number of nitrogens with one attached hydrogen (secondary N) is 6. The monoisotopic (exact) mass is 1260 g/mol. The van der Waals surface area contributed by atoms with Crippen LogP contribution in [-0.2, 0) is 92.4 Å². The molecular formula is C61H79N10O15S2-. The number of hydroxylamine groups is 2. The van der Waals surface area contributed by atoms with Gasteiger partial charge < -0.3 is 41.3 Å². The van der Waals surface area contributed by atoms with Gasteiger partial charge in [-0.1, -0.05) is 41.5 Å². The zero-order valence-electron chi connectivity index (χ0n) is 49.9. The minimum absolute atomic E-state index is 0.0751. The third-order valence-electron chi connectivity index (χ3n) is 13.9. The maximum Gasteiger partial charge on any atom is 0.333 e. The van der Waals surface area contributed by atoms with E-state index < -0.39 is 53.5 Å². The minimum atomic E-state index is -2.99. The van der Waals surface area contributed by atoms with Crippen LogP contribution in [0.15, 0.2) is 97.1 Å². The number of amides is 10. The average molecular weight is 1260 g/mol. The van der Waals surface area contributed by atoms with Gasteiger partial charge in [0.2, 0.25) is 23.6 Å². The summed E-state index contributed by atoms with van der Waals surface area (Å²) in [5.74, 6) is -4.37. The lowest BCUT2D eigenvalue weighted by molar-refractivity contribution is -0.198. The second-order valence-corrected chi connectivity index (χ2v) is 22.2. The molecule has 0 aromatic heterocycles. The minimum Gasteiger partial charge on any atom is -0.750 e. The summed E-state index contributed by atoms with van der Waals surface area (Å²) in [5, 5.41) is 18.8. The molecule has 0 aliphatic carbocycles. The number of hydrogen-bond donors (Lipinski definition) is 6. The van der Waals surface area contributed by atoms with Gasteiger partial charge >= 0.3 is 5.97 Å². The maximum absolute atomic E-state index is 12.3. The van der Waals surface area contributed by atoms with Gasteiger partial charge in [0.1, 0.15) is 0 Å². The first-order valence-electron chi connectivity index (χ1n) is 29.3. The topological polar surface area (TPSA) is 332 Å². The molecule has 0 saturated carbocycles. The van der Waals surface area contributed by atoms with Gasteiger partial charge in [-0.15, -0.1) is 0 Å². The number of imide groups is 4. The fraction of sp³-hybridized carbons (Fsp3) is 0.459. The molecule has 0 spiro atoms. The van der Waals surface area contributed by atoms with Crippen molar-refractivity contribution in [1.29, 1.82) is 0 Å². The van der Waals surface area contributed by atoms with E-state index in [0.29, 0.717) is 55.8 Å². The van der Waals surface area contributed by atoms with E-state index in [-0.39, 0.29) is 58.6 Å². The second-order valence-electron chi connectivity index (χ2n) is 20.6. The third kappa shape index (κ3) is 23.8. The lowest BCUT2D eigenvalue weighted by Crippen LogP contribution is -2.35. The Morgan fingerprint density at radius 1 is 0.511 bits per heavy atom. The molecule has 3 aromatic rings. The van der Waals surface area contributed by atoms with E-state index in [1.807, 2.05) is 56.7 Å². The summed E-state index contributed by atoms with van der Waals surface area (Å²) in [4.78, 5) is 138. The highest BCUT2D eigenvalue weighted by atomic mass is 32.2. The first kappa shape index (κ1) is 71.1. The molecule has 25 nitrogen and oxygen atoms in total. The van der Waals surface area contributed by atoms with Crippen molar-refractivity contribution >= 4 is 105 Å². The molecule has 27 heteroatoms. The van der Waals surface area contributed by atoms with Crippen LogP contribution in [0, 0.1) is 0 Å². The highest BCUT2D eigenvalue weighted by Gasteiger charge is 2.43. The Morgan fingerprint density at radius 2 is 0.898 bits per heavy atom. The van der Waals surface area contributed by atoms with Crippen LogP contribution >= 0.6 is 11.8 Å². The number of rotatable bonds is 35. The third-order valence-corrected chi connectivity index (χ3v) is 15.2. The van der Waals surface area contributed by atoms with Crippen molar-refractivity contribution in [2.24, 2.45) is 0 Å². The van der Waals surface area contributed by atoms with Crippen LogP contribution in [0.25, 0.3) is 0 Å². The van der Waals surface area contributed by atoms with Crippen LogP contribution in [0.2, 0.25) is 0 Å². The Hall–Kier alpha value is -7.63. The van der Waals surface area contributed by atoms with E-state index in [9.17, 15) is 61.5 Å². The zero-order chi connectivity index (χ0) is 63.8. The summed E-state index contributed by atoms with van der Waals surface area (Å²) < 4.78 is 25.2. The predicted octanol–water partition coefficient (Wildman–Crippen LogP) is 2.69. The van der Waals surface area contributed by atoms with Crippen LogP contribution in [0.5, 0.6) is 0 Å². The van der Waals surface area contributed by atoms with Gasteiger partial charge in [0.05, 0.1) is 40.1 Å². The molecular weight excluding hydrogens is 1180 g/mol. The second kappa shape index (κ2) is 38.6. The molecule has 7 rings (SSSR count). The van der Waals surface area contributed by atoms with Crippen molar-refractivity contribution in [1.82, 2.24) is 37.0 Å². The molecule has 3 unspecified atom stereocenters. The van der Waals surface area contributed by atoms with Crippen molar-refractivity contribution in [3.8, 4) is 0 Å². The largest absolute Gasteiger partial charge is 0.750 e. The van der Waals surface area contributed by atoms with Gasteiger partial charge in [0.15, 0.2) is 6.10 Å². The molecule has 10 amide bonds. The number of anilines is 3. The Labute approximate surface area is 519 Å². The zero-order valence-corrected chi connectivity index (χ0v) is 51.5. The van der Waals surface area contributed by atoms with Crippen molar-refractivity contribution in [2.45, 2.75) is 108 Å².